The van der Waals surface area contributed by atoms with Gasteiger partial charge in [-0.3, -0.25) is 9.36 Å². The van der Waals surface area contributed by atoms with E-state index in [1.807, 2.05) is 21.1 Å². The molecule has 60 heavy (non-hydrogen) atoms. The first-order valence-electron chi connectivity index (χ1n) is 23.8. The maximum absolute atomic E-state index is 12.7. The molecule has 0 saturated heterocycles. The largest absolute Gasteiger partial charge is 0.756 e. The molecular weight excluding hydrogens is 770 g/mol. The summed E-state index contributed by atoms with van der Waals surface area (Å²) in [6.07, 6.45) is 57.4. The molecule has 346 valence electrons. The maximum atomic E-state index is 12.7. The third-order valence-corrected chi connectivity index (χ3v) is 10.6. The summed E-state index contributed by atoms with van der Waals surface area (Å²) < 4.78 is 34.6. The molecule has 0 spiro atoms. The predicted molar refractivity (Wildman–Crippen MR) is 254 cm³/mol. The van der Waals surface area contributed by atoms with E-state index >= 15 is 0 Å². The Hall–Kier alpha value is -2.32. The number of phosphoric ester groups is 1. The molecule has 8 nitrogen and oxygen atoms in total. The van der Waals surface area contributed by atoms with Gasteiger partial charge in [-0.2, -0.15) is 0 Å². The first-order chi connectivity index (χ1) is 29.1. The number of likely N-dealkylation sites (N-methyl/N-ethyl adjacent to an activating group) is 1. The number of nitrogens with zero attached hydrogens (tertiary/aromatic N) is 1. The van der Waals surface area contributed by atoms with Gasteiger partial charge in [0.15, 0.2) is 0 Å². The number of rotatable bonds is 43. The van der Waals surface area contributed by atoms with Crippen LogP contribution in [0.5, 0.6) is 0 Å². The van der Waals surface area contributed by atoms with E-state index < -0.39 is 13.9 Å². The Balaban J connectivity index is 4.23. The number of unbranched alkanes of at least 4 members (excludes halogenated alkanes) is 15. The number of quaternary nitrogens is 1. The molecule has 0 aromatic heterocycles. The van der Waals surface area contributed by atoms with Crippen LogP contribution >= 0.6 is 7.82 Å². The number of allylic oxidation sites excluding steroid dienone is 14. The maximum Gasteiger partial charge on any atom is 0.306 e. The summed E-state index contributed by atoms with van der Waals surface area (Å²) in [6, 6.07) is 0. The molecule has 9 heteroatoms. The van der Waals surface area contributed by atoms with Gasteiger partial charge in [0.1, 0.15) is 19.3 Å². The summed E-state index contributed by atoms with van der Waals surface area (Å²) in [5.74, 6) is -0.353. The highest BCUT2D eigenvalue weighted by atomic mass is 31.2. The molecule has 0 saturated carbocycles. The van der Waals surface area contributed by atoms with Gasteiger partial charge in [0.2, 0.25) is 0 Å². The molecule has 0 radical (unpaired) electrons. The summed E-state index contributed by atoms with van der Waals surface area (Å²) in [5.41, 5.74) is 0. The van der Waals surface area contributed by atoms with Gasteiger partial charge < -0.3 is 27.9 Å². The van der Waals surface area contributed by atoms with Crippen LogP contribution in [0.4, 0.5) is 0 Å². The molecule has 0 amide bonds. The van der Waals surface area contributed by atoms with Crippen LogP contribution in [-0.4, -0.2) is 70.7 Å². The number of hydrogen-bond acceptors (Lipinski definition) is 7. The van der Waals surface area contributed by atoms with Crippen molar-refractivity contribution in [3.63, 3.8) is 0 Å². The highest BCUT2D eigenvalue weighted by Gasteiger charge is 2.20. The molecule has 0 aliphatic heterocycles. The van der Waals surface area contributed by atoms with E-state index in [0.29, 0.717) is 24.1 Å². The van der Waals surface area contributed by atoms with Crippen LogP contribution in [0.3, 0.4) is 0 Å². The average molecular weight is 860 g/mol. The van der Waals surface area contributed by atoms with Gasteiger partial charge in [0.05, 0.1) is 34.4 Å². The first kappa shape index (κ1) is 57.7. The van der Waals surface area contributed by atoms with Gasteiger partial charge in [-0.1, -0.05) is 170 Å². The Morgan fingerprint density at radius 3 is 1.45 bits per heavy atom. The van der Waals surface area contributed by atoms with Crippen molar-refractivity contribution in [1.82, 2.24) is 0 Å². The number of esters is 1. The average Bonchev–Trinajstić information content (AvgIpc) is 3.20. The van der Waals surface area contributed by atoms with E-state index in [4.69, 9.17) is 18.5 Å². The quantitative estimate of drug-likeness (QED) is 0.0198. The minimum Gasteiger partial charge on any atom is -0.756 e. The minimum atomic E-state index is -4.54. The summed E-state index contributed by atoms with van der Waals surface area (Å²) in [6.45, 7) is 5.20. The molecule has 0 aromatic carbocycles. The fourth-order valence-electron chi connectivity index (χ4n) is 6.00. The second kappa shape index (κ2) is 43.3. The van der Waals surface area contributed by atoms with Crippen LogP contribution in [-0.2, 0) is 27.9 Å². The van der Waals surface area contributed by atoms with Gasteiger partial charge in [-0.05, 0) is 83.5 Å². The molecule has 0 fully saturated rings. The van der Waals surface area contributed by atoms with E-state index in [2.05, 4.69) is 98.9 Å². The Labute approximate surface area is 369 Å². The second-order valence-electron chi connectivity index (χ2n) is 16.7. The van der Waals surface area contributed by atoms with Crippen molar-refractivity contribution in [1.29, 1.82) is 0 Å². The lowest BCUT2D eigenvalue weighted by Gasteiger charge is -2.28. The van der Waals surface area contributed by atoms with Gasteiger partial charge >= 0.3 is 5.97 Å². The highest BCUT2D eigenvalue weighted by molar-refractivity contribution is 7.45. The van der Waals surface area contributed by atoms with Gasteiger partial charge in [-0.15, -0.1) is 0 Å². The first-order valence-corrected chi connectivity index (χ1v) is 25.3. The third-order valence-electron chi connectivity index (χ3n) is 9.68. The van der Waals surface area contributed by atoms with E-state index in [-0.39, 0.29) is 25.8 Å². The fraction of sp³-hybridized carbons (Fsp3) is 0.706. The lowest BCUT2D eigenvalue weighted by atomic mass is 10.1. The predicted octanol–water partition coefficient (Wildman–Crippen LogP) is 13.8. The summed E-state index contributed by atoms with van der Waals surface area (Å²) in [5, 5.41) is 0. The van der Waals surface area contributed by atoms with Crippen LogP contribution in [0.25, 0.3) is 0 Å². The van der Waals surface area contributed by atoms with Crippen molar-refractivity contribution < 1.29 is 37.3 Å². The Morgan fingerprint density at radius 2 is 0.967 bits per heavy atom. The van der Waals surface area contributed by atoms with Crippen LogP contribution in [0.2, 0.25) is 0 Å². The Bertz CT molecular complexity index is 1230. The number of hydrogen-bond donors (Lipinski definition) is 0. The van der Waals surface area contributed by atoms with E-state index in [0.717, 1.165) is 96.3 Å². The van der Waals surface area contributed by atoms with Crippen molar-refractivity contribution in [3.05, 3.63) is 85.1 Å². The fourth-order valence-corrected chi connectivity index (χ4v) is 6.73. The molecule has 0 aromatic rings. The molecular formula is C51H90NO7P. The lowest BCUT2D eigenvalue weighted by Crippen LogP contribution is -2.37. The monoisotopic (exact) mass is 860 g/mol. The summed E-state index contributed by atoms with van der Waals surface area (Å²) >= 11 is 0. The normalized spacial score (nSPS) is 14.4. The number of phosphoric acid groups is 1. The Morgan fingerprint density at radius 1 is 0.533 bits per heavy atom. The zero-order valence-electron chi connectivity index (χ0n) is 39.1. The third kappa shape index (κ3) is 46.7. The van der Waals surface area contributed by atoms with Crippen LogP contribution in [0.1, 0.15) is 174 Å². The van der Waals surface area contributed by atoms with Crippen LogP contribution < -0.4 is 4.89 Å². The number of ether oxygens (including phenoxy) is 2. The van der Waals surface area contributed by atoms with Crippen molar-refractivity contribution in [2.45, 2.75) is 180 Å². The van der Waals surface area contributed by atoms with E-state index in [1.54, 1.807) is 0 Å². The zero-order valence-corrected chi connectivity index (χ0v) is 40.0. The van der Waals surface area contributed by atoms with Gasteiger partial charge in [0.25, 0.3) is 7.82 Å². The minimum absolute atomic E-state index is 0.0169. The molecule has 0 N–H and O–H groups in total. The van der Waals surface area contributed by atoms with E-state index in [1.165, 1.54) is 57.8 Å². The molecule has 0 rings (SSSR count). The summed E-state index contributed by atoms with van der Waals surface area (Å²) in [4.78, 5) is 25.1. The van der Waals surface area contributed by atoms with Gasteiger partial charge in [0, 0.05) is 13.0 Å². The lowest BCUT2D eigenvalue weighted by molar-refractivity contribution is -0.870. The molecule has 0 aliphatic carbocycles. The number of carbonyl (C=O) groups is 1. The molecule has 2 unspecified atom stereocenters. The molecule has 0 bridgehead atoms. The van der Waals surface area contributed by atoms with Crippen molar-refractivity contribution >= 4 is 13.8 Å². The van der Waals surface area contributed by atoms with Crippen molar-refractivity contribution in [2.24, 2.45) is 0 Å². The van der Waals surface area contributed by atoms with Crippen LogP contribution in [0.15, 0.2) is 85.1 Å². The number of carbonyl (C=O) groups excluding carboxylic acids is 1. The summed E-state index contributed by atoms with van der Waals surface area (Å²) in [7, 11) is 1.33. The highest BCUT2D eigenvalue weighted by Crippen LogP contribution is 2.38. The smallest absolute Gasteiger partial charge is 0.306 e. The van der Waals surface area contributed by atoms with Crippen molar-refractivity contribution in [2.75, 3.05) is 54.1 Å². The standard InChI is InChI=1S/C51H90NO7P/c1-6-8-10-12-14-16-18-20-22-23-24-25-26-27-28-29-30-32-34-36-38-40-42-44-51(53)59-50(49-58-60(54,55)57-47-45-52(3,4)5)48-56-46-43-41-39-37-35-33-31-21-19-17-15-13-11-9-7-2/h8,10,13-16,19-22,24-25,27-28,50H,6-7,9,11-12,17-18,23,26,29-49H2,1-5H3/b10-8-,15-13-,16-14-,21-19-,22-20-,25-24-,28-27-. The zero-order chi connectivity index (χ0) is 44.1. The van der Waals surface area contributed by atoms with E-state index in [9.17, 15) is 14.3 Å². The van der Waals surface area contributed by atoms with Crippen LogP contribution in [0, 0.1) is 0 Å². The molecule has 0 aliphatic rings. The van der Waals surface area contributed by atoms with Gasteiger partial charge in [-0.25, -0.2) is 0 Å². The second-order valence-corrected chi connectivity index (χ2v) is 18.1. The topological polar surface area (TPSA) is 94.1 Å². The Kier molecular flexibility index (Phi) is 41.7. The molecule has 0 heterocycles. The van der Waals surface area contributed by atoms with Crippen molar-refractivity contribution in [3.8, 4) is 0 Å². The SMILES string of the molecule is CC/C=C\C/C=C\C/C=C\C/C=C\C/C=C\CCCCCCCCCC(=O)OC(COCCCCCCCC/C=C\C/C=C\CCCC)COP(=O)([O-])OCC[N+](C)(C)C. The molecule has 2 atom stereocenters.